The molecule has 1 saturated heterocycles. The fourth-order valence-electron chi connectivity index (χ4n) is 3.06. The molecule has 7 nitrogen and oxygen atoms in total. The number of fused-ring (bicyclic) bond motifs is 1. The molecule has 3 rings (SSSR count). The number of rotatable bonds is 6. The third-order valence-electron chi connectivity index (χ3n) is 4.23. The lowest BCUT2D eigenvalue weighted by molar-refractivity contribution is -0.131. The highest BCUT2D eigenvalue weighted by molar-refractivity contribution is 6.05. The highest BCUT2D eigenvalue weighted by atomic mass is 16.2. The number of nitrogens with one attached hydrogen (secondary N) is 3. The molecule has 25 heavy (non-hydrogen) atoms. The highest BCUT2D eigenvalue weighted by Gasteiger charge is 2.38. The number of urea groups is 1. The predicted octanol–water partition coefficient (Wildman–Crippen LogP) is 1.55. The van der Waals surface area contributed by atoms with Gasteiger partial charge in [-0.15, -0.1) is 0 Å². The van der Waals surface area contributed by atoms with E-state index >= 15 is 0 Å². The van der Waals surface area contributed by atoms with Gasteiger partial charge in [-0.05, 0) is 31.9 Å². The zero-order valence-corrected chi connectivity index (χ0v) is 14.3. The number of amides is 4. The first kappa shape index (κ1) is 17.0. The summed E-state index contributed by atoms with van der Waals surface area (Å²) >= 11 is 0. The molecule has 0 aliphatic carbocycles. The molecule has 1 aliphatic heterocycles. The van der Waals surface area contributed by atoms with E-state index in [4.69, 9.17) is 0 Å². The van der Waals surface area contributed by atoms with E-state index in [0.717, 1.165) is 16.5 Å². The Hall–Kier alpha value is -2.83. The van der Waals surface area contributed by atoms with Crippen LogP contribution in [0.3, 0.4) is 0 Å². The number of aromatic amines is 1. The van der Waals surface area contributed by atoms with Crippen molar-refractivity contribution in [3.05, 3.63) is 36.0 Å². The molecular weight excluding hydrogens is 320 g/mol. The molecule has 0 saturated carbocycles. The van der Waals surface area contributed by atoms with Gasteiger partial charge in [0.05, 0.1) is 6.42 Å². The van der Waals surface area contributed by atoms with Gasteiger partial charge in [-0.25, -0.2) is 4.79 Å². The molecule has 3 N–H and O–H groups in total. The normalized spacial score (nSPS) is 17.4. The molecule has 2 aromatic rings. The molecule has 0 spiro atoms. The minimum atomic E-state index is -0.783. The van der Waals surface area contributed by atoms with Crippen LogP contribution < -0.4 is 10.6 Å². The number of aromatic nitrogens is 1. The van der Waals surface area contributed by atoms with Crippen LogP contribution in [0, 0.1) is 0 Å². The van der Waals surface area contributed by atoms with Crippen molar-refractivity contribution in [1.29, 1.82) is 0 Å². The Kier molecular flexibility index (Phi) is 4.74. The van der Waals surface area contributed by atoms with E-state index in [-0.39, 0.29) is 30.8 Å². The largest absolute Gasteiger partial charge is 0.361 e. The SMILES string of the molecule is CC(C)NC(=O)C[C@@H]1NC(=O)N(CCc2c[nH]c3ccccc23)C1=O. The van der Waals surface area contributed by atoms with Gasteiger partial charge in [-0.2, -0.15) is 0 Å². The smallest absolute Gasteiger partial charge is 0.324 e. The van der Waals surface area contributed by atoms with Gasteiger partial charge in [0.25, 0.3) is 5.91 Å². The third kappa shape index (κ3) is 3.65. The monoisotopic (exact) mass is 342 g/mol. The first-order valence-corrected chi connectivity index (χ1v) is 8.42. The Bertz CT molecular complexity index is 812. The molecule has 0 radical (unpaired) electrons. The number of H-pyrrole nitrogens is 1. The molecule has 132 valence electrons. The molecule has 1 aliphatic rings. The summed E-state index contributed by atoms with van der Waals surface area (Å²) < 4.78 is 0. The number of nitrogens with zero attached hydrogens (tertiary/aromatic N) is 1. The van der Waals surface area contributed by atoms with Crippen molar-refractivity contribution in [1.82, 2.24) is 20.5 Å². The first-order chi connectivity index (χ1) is 12.0. The first-order valence-electron chi connectivity index (χ1n) is 8.42. The molecule has 1 aromatic heterocycles. The average Bonchev–Trinajstić information content (AvgIpc) is 3.07. The van der Waals surface area contributed by atoms with E-state index < -0.39 is 12.1 Å². The van der Waals surface area contributed by atoms with Crippen molar-refractivity contribution in [2.75, 3.05) is 6.54 Å². The van der Waals surface area contributed by atoms with Crippen molar-refractivity contribution in [3.8, 4) is 0 Å². The molecule has 1 aromatic carbocycles. The zero-order valence-electron chi connectivity index (χ0n) is 14.3. The Morgan fingerprint density at radius 1 is 1.28 bits per heavy atom. The lowest BCUT2D eigenvalue weighted by Crippen LogP contribution is -2.38. The van der Waals surface area contributed by atoms with Gasteiger partial charge in [0, 0.05) is 29.7 Å². The van der Waals surface area contributed by atoms with Crippen LogP contribution in [0.4, 0.5) is 4.79 Å². The molecule has 1 fully saturated rings. The lowest BCUT2D eigenvalue weighted by atomic mass is 10.1. The van der Waals surface area contributed by atoms with Gasteiger partial charge in [0.1, 0.15) is 6.04 Å². The van der Waals surface area contributed by atoms with E-state index in [2.05, 4.69) is 15.6 Å². The number of carbonyl (C=O) groups excluding carboxylic acids is 3. The Balaban J connectivity index is 1.62. The van der Waals surface area contributed by atoms with Crippen LogP contribution in [0.25, 0.3) is 10.9 Å². The van der Waals surface area contributed by atoms with Crippen LogP contribution in [0.1, 0.15) is 25.8 Å². The number of para-hydroxylation sites is 1. The number of benzene rings is 1. The topological polar surface area (TPSA) is 94.3 Å². The Morgan fingerprint density at radius 3 is 2.80 bits per heavy atom. The maximum Gasteiger partial charge on any atom is 0.324 e. The molecule has 0 bridgehead atoms. The quantitative estimate of drug-likeness (QED) is 0.695. The van der Waals surface area contributed by atoms with E-state index in [1.807, 2.05) is 44.3 Å². The summed E-state index contributed by atoms with van der Waals surface area (Å²) in [5.41, 5.74) is 2.08. The minimum Gasteiger partial charge on any atom is -0.361 e. The summed E-state index contributed by atoms with van der Waals surface area (Å²) in [6.45, 7) is 3.98. The third-order valence-corrected chi connectivity index (χ3v) is 4.23. The minimum absolute atomic E-state index is 0.00215. The summed E-state index contributed by atoms with van der Waals surface area (Å²) in [5, 5.41) is 6.41. The standard InChI is InChI=1S/C18H22N4O3/c1-11(2)20-16(23)9-15-17(24)22(18(25)21-15)8-7-12-10-19-14-6-4-3-5-13(12)14/h3-6,10-11,15,19H,7-9H2,1-2H3,(H,20,23)(H,21,25)/t15-/m0/s1. The maximum atomic E-state index is 12.4. The van der Waals surface area contributed by atoms with Gasteiger partial charge in [-0.1, -0.05) is 18.2 Å². The average molecular weight is 342 g/mol. The van der Waals surface area contributed by atoms with Crippen LogP contribution in [-0.2, 0) is 16.0 Å². The van der Waals surface area contributed by atoms with Gasteiger partial charge < -0.3 is 15.6 Å². The van der Waals surface area contributed by atoms with E-state index in [0.29, 0.717) is 6.42 Å². The highest BCUT2D eigenvalue weighted by Crippen LogP contribution is 2.19. The van der Waals surface area contributed by atoms with Crippen LogP contribution in [-0.4, -0.2) is 46.4 Å². The number of hydrogen-bond acceptors (Lipinski definition) is 3. The van der Waals surface area contributed by atoms with Gasteiger partial charge in [-0.3, -0.25) is 14.5 Å². The summed E-state index contributed by atoms with van der Waals surface area (Å²) in [4.78, 5) is 40.7. The van der Waals surface area contributed by atoms with Crippen molar-refractivity contribution in [2.45, 2.75) is 38.8 Å². The van der Waals surface area contributed by atoms with Crippen molar-refractivity contribution < 1.29 is 14.4 Å². The molecular formula is C18H22N4O3. The molecule has 2 heterocycles. The van der Waals surface area contributed by atoms with Crippen molar-refractivity contribution >= 4 is 28.7 Å². The lowest BCUT2D eigenvalue weighted by Gasteiger charge is -2.13. The van der Waals surface area contributed by atoms with Gasteiger partial charge in [0.2, 0.25) is 5.91 Å². The van der Waals surface area contributed by atoms with Crippen LogP contribution >= 0.6 is 0 Å². The molecule has 7 heteroatoms. The summed E-state index contributed by atoms with van der Waals surface area (Å²) in [5.74, 6) is -0.587. The van der Waals surface area contributed by atoms with Crippen LogP contribution in [0.5, 0.6) is 0 Å². The van der Waals surface area contributed by atoms with Gasteiger partial charge in [0.15, 0.2) is 0 Å². The number of carbonyl (C=O) groups is 3. The Morgan fingerprint density at radius 2 is 2.04 bits per heavy atom. The number of hydrogen-bond donors (Lipinski definition) is 3. The second kappa shape index (κ2) is 6.96. The zero-order chi connectivity index (χ0) is 18.0. The second-order valence-electron chi connectivity index (χ2n) is 6.53. The second-order valence-corrected chi connectivity index (χ2v) is 6.53. The van der Waals surface area contributed by atoms with Gasteiger partial charge >= 0.3 is 6.03 Å². The molecule has 0 unspecified atom stereocenters. The number of imide groups is 1. The van der Waals surface area contributed by atoms with E-state index in [1.165, 1.54) is 4.90 Å². The van der Waals surface area contributed by atoms with Crippen LogP contribution in [0.15, 0.2) is 30.5 Å². The fraction of sp³-hybridized carbons (Fsp3) is 0.389. The van der Waals surface area contributed by atoms with E-state index in [9.17, 15) is 14.4 Å². The maximum absolute atomic E-state index is 12.4. The van der Waals surface area contributed by atoms with E-state index in [1.54, 1.807) is 0 Å². The summed E-state index contributed by atoms with van der Waals surface area (Å²) in [6.07, 6.45) is 2.43. The van der Waals surface area contributed by atoms with Crippen molar-refractivity contribution in [3.63, 3.8) is 0 Å². The van der Waals surface area contributed by atoms with Crippen LogP contribution in [0.2, 0.25) is 0 Å². The predicted molar refractivity (Wildman–Crippen MR) is 93.9 cm³/mol. The molecule has 4 amide bonds. The molecule has 1 atom stereocenters. The summed E-state index contributed by atoms with van der Waals surface area (Å²) in [7, 11) is 0. The van der Waals surface area contributed by atoms with Crippen molar-refractivity contribution in [2.24, 2.45) is 0 Å². The Labute approximate surface area is 145 Å². The summed E-state index contributed by atoms with van der Waals surface area (Å²) in [6, 6.07) is 6.67. The fourth-order valence-corrected chi connectivity index (χ4v) is 3.06.